The van der Waals surface area contributed by atoms with Crippen LogP contribution in [0.3, 0.4) is 0 Å². The fourth-order valence-corrected chi connectivity index (χ4v) is 3.67. The molecule has 3 N–H and O–H groups in total. The fraction of sp³-hybridized carbons (Fsp3) is 0.160. The molecule has 0 fully saturated rings. The van der Waals surface area contributed by atoms with Gasteiger partial charge in [-0.1, -0.05) is 36.4 Å². The summed E-state index contributed by atoms with van der Waals surface area (Å²) in [6, 6.07) is 21.6. The maximum absolute atomic E-state index is 13.0. The Morgan fingerprint density at radius 2 is 1.34 bits per heavy atom. The Morgan fingerprint density at radius 3 is 1.94 bits per heavy atom. The maximum Gasteiger partial charge on any atom is 0.251 e. The minimum Gasteiger partial charge on any atom is -0.457 e. The average Bonchev–Trinajstić information content (AvgIpc) is 2.80. The minimum atomic E-state index is -0.479. The number of hydrogen-bond donors (Lipinski definition) is 3. The molecule has 4 rings (SSSR count). The topological polar surface area (TPSA) is 96.5 Å². The van der Waals surface area contributed by atoms with E-state index in [0.29, 0.717) is 22.7 Å². The lowest BCUT2D eigenvalue weighted by Gasteiger charge is -2.27. The van der Waals surface area contributed by atoms with Crippen molar-refractivity contribution >= 4 is 23.4 Å². The van der Waals surface area contributed by atoms with Gasteiger partial charge in [0, 0.05) is 42.4 Å². The van der Waals surface area contributed by atoms with Crippen LogP contribution in [-0.2, 0) is 9.59 Å². The normalized spacial score (nSPS) is 12.0. The van der Waals surface area contributed by atoms with Crippen LogP contribution in [0, 0.1) is 0 Å². The third kappa shape index (κ3) is 4.62. The number of nitrogens with one attached hydrogen (secondary N) is 3. The highest BCUT2D eigenvalue weighted by molar-refractivity contribution is 5.95. The highest BCUT2D eigenvalue weighted by Gasteiger charge is 2.32. The van der Waals surface area contributed by atoms with Crippen molar-refractivity contribution in [3.8, 4) is 11.5 Å². The number of para-hydroxylation sites is 2. The van der Waals surface area contributed by atoms with Gasteiger partial charge < -0.3 is 20.7 Å². The van der Waals surface area contributed by atoms with E-state index in [4.69, 9.17) is 4.74 Å². The molecule has 0 saturated heterocycles. The monoisotopic (exact) mass is 429 g/mol. The lowest BCUT2D eigenvalue weighted by Crippen LogP contribution is -2.37. The van der Waals surface area contributed by atoms with Gasteiger partial charge in [0.15, 0.2) is 0 Å². The molecule has 3 aromatic rings. The zero-order valence-electron chi connectivity index (χ0n) is 17.6. The molecule has 0 spiro atoms. The van der Waals surface area contributed by atoms with E-state index in [-0.39, 0.29) is 30.8 Å². The van der Waals surface area contributed by atoms with E-state index in [2.05, 4.69) is 16.0 Å². The van der Waals surface area contributed by atoms with E-state index >= 15 is 0 Å². The number of carbonyl (C=O) groups is 3. The van der Waals surface area contributed by atoms with Gasteiger partial charge in [0.1, 0.15) is 11.5 Å². The predicted molar refractivity (Wildman–Crippen MR) is 121 cm³/mol. The first-order chi connectivity index (χ1) is 15.5. The Morgan fingerprint density at radius 1 is 0.781 bits per heavy atom. The zero-order valence-corrected chi connectivity index (χ0v) is 17.6. The predicted octanol–water partition coefficient (Wildman–Crippen LogP) is 3.43. The molecule has 0 saturated carbocycles. The Bertz CT molecular complexity index is 1110. The van der Waals surface area contributed by atoms with E-state index in [1.165, 1.54) is 6.92 Å². The van der Waals surface area contributed by atoms with Crippen LogP contribution in [0.5, 0.6) is 11.5 Å². The summed E-state index contributed by atoms with van der Waals surface area (Å²) in [4.78, 5) is 36.5. The summed E-state index contributed by atoms with van der Waals surface area (Å²) in [5.74, 6) is 0.281. The van der Waals surface area contributed by atoms with E-state index in [1.807, 2.05) is 48.5 Å². The van der Waals surface area contributed by atoms with Crippen molar-refractivity contribution < 1.29 is 19.1 Å². The largest absolute Gasteiger partial charge is 0.457 e. The SMILES string of the molecule is CC(=O)Nc1ccc(C(=O)NCCNC(=O)C2c3ccccc3Oc3ccccc32)cc1. The summed E-state index contributed by atoms with van der Waals surface area (Å²) in [5, 5.41) is 8.36. The van der Waals surface area contributed by atoms with E-state index in [9.17, 15) is 14.4 Å². The molecular weight excluding hydrogens is 406 g/mol. The summed E-state index contributed by atoms with van der Waals surface area (Å²) in [6.07, 6.45) is 0. The van der Waals surface area contributed by atoms with Gasteiger partial charge in [-0.15, -0.1) is 0 Å². The van der Waals surface area contributed by atoms with E-state index in [1.54, 1.807) is 24.3 Å². The summed E-state index contributed by atoms with van der Waals surface area (Å²) in [7, 11) is 0. The van der Waals surface area contributed by atoms with Crippen molar-refractivity contribution in [2.45, 2.75) is 12.8 Å². The Kier molecular flexibility index (Phi) is 6.17. The number of fused-ring (bicyclic) bond motifs is 2. The van der Waals surface area contributed by atoms with Crippen LogP contribution in [0.2, 0.25) is 0 Å². The van der Waals surface area contributed by atoms with Crippen molar-refractivity contribution in [2.24, 2.45) is 0 Å². The summed E-state index contributed by atoms with van der Waals surface area (Å²) < 4.78 is 5.93. The number of hydrogen-bond acceptors (Lipinski definition) is 4. The van der Waals surface area contributed by atoms with Crippen molar-refractivity contribution in [2.75, 3.05) is 18.4 Å². The first kappa shape index (κ1) is 21.1. The van der Waals surface area contributed by atoms with Crippen molar-refractivity contribution in [1.29, 1.82) is 0 Å². The van der Waals surface area contributed by atoms with Gasteiger partial charge in [-0.3, -0.25) is 14.4 Å². The van der Waals surface area contributed by atoms with Gasteiger partial charge in [-0.2, -0.15) is 0 Å². The van der Waals surface area contributed by atoms with E-state index in [0.717, 1.165) is 11.1 Å². The van der Waals surface area contributed by atoms with E-state index < -0.39 is 5.92 Å². The van der Waals surface area contributed by atoms with Gasteiger partial charge in [-0.05, 0) is 36.4 Å². The number of amides is 3. The second kappa shape index (κ2) is 9.34. The van der Waals surface area contributed by atoms with Crippen LogP contribution in [0.4, 0.5) is 5.69 Å². The fourth-order valence-electron chi connectivity index (χ4n) is 3.67. The van der Waals surface area contributed by atoms with Gasteiger partial charge in [0.05, 0.1) is 5.92 Å². The number of anilines is 1. The molecule has 162 valence electrons. The average molecular weight is 429 g/mol. The van der Waals surface area contributed by atoms with Crippen LogP contribution in [0.15, 0.2) is 72.8 Å². The zero-order chi connectivity index (χ0) is 22.5. The number of rotatable bonds is 6. The molecule has 32 heavy (non-hydrogen) atoms. The third-order valence-corrected chi connectivity index (χ3v) is 5.12. The number of carbonyl (C=O) groups excluding carboxylic acids is 3. The van der Waals surface area contributed by atoms with Crippen LogP contribution in [0.1, 0.15) is 34.3 Å². The Balaban J connectivity index is 1.35. The van der Waals surface area contributed by atoms with Gasteiger partial charge in [0.2, 0.25) is 11.8 Å². The highest BCUT2D eigenvalue weighted by Crippen LogP contribution is 2.43. The van der Waals surface area contributed by atoms with Crippen LogP contribution in [-0.4, -0.2) is 30.8 Å². The molecule has 0 radical (unpaired) electrons. The maximum atomic E-state index is 13.0. The molecule has 0 aliphatic carbocycles. The molecule has 3 amide bonds. The molecule has 3 aromatic carbocycles. The Labute approximate surface area is 185 Å². The molecule has 0 aromatic heterocycles. The van der Waals surface area contributed by atoms with Gasteiger partial charge >= 0.3 is 0 Å². The lowest BCUT2D eigenvalue weighted by molar-refractivity contribution is -0.121. The second-order valence-corrected chi connectivity index (χ2v) is 7.42. The number of benzene rings is 3. The molecule has 1 aliphatic heterocycles. The summed E-state index contributed by atoms with van der Waals surface area (Å²) in [5.41, 5.74) is 2.72. The quantitative estimate of drug-likeness (QED) is 0.523. The van der Waals surface area contributed by atoms with Gasteiger partial charge in [0.25, 0.3) is 5.91 Å². The smallest absolute Gasteiger partial charge is 0.251 e. The van der Waals surface area contributed by atoms with Crippen LogP contribution >= 0.6 is 0 Å². The molecule has 1 heterocycles. The highest BCUT2D eigenvalue weighted by atomic mass is 16.5. The molecule has 0 atom stereocenters. The number of ether oxygens (including phenoxy) is 1. The molecule has 7 nitrogen and oxygen atoms in total. The standard InChI is InChI=1S/C25H23N3O4/c1-16(29)28-18-12-10-17(11-13-18)24(30)26-14-15-27-25(31)23-19-6-2-4-8-21(19)32-22-9-5-3-7-20(22)23/h2-13,23H,14-15H2,1H3,(H,26,30)(H,27,31)(H,28,29). The van der Waals surface area contributed by atoms with Crippen molar-refractivity contribution in [3.05, 3.63) is 89.5 Å². The lowest BCUT2D eigenvalue weighted by atomic mass is 9.87. The molecule has 0 bridgehead atoms. The first-order valence-corrected chi connectivity index (χ1v) is 10.3. The molecule has 7 heteroatoms. The van der Waals surface area contributed by atoms with Crippen molar-refractivity contribution in [1.82, 2.24) is 10.6 Å². The summed E-state index contributed by atoms with van der Waals surface area (Å²) in [6.45, 7) is 1.99. The third-order valence-electron chi connectivity index (χ3n) is 5.12. The minimum absolute atomic E-state index is 0.151. The summed E-state index contributed by atoms with van der Waals surface area (Å²) >= 11 is 0. The van der Waals surface area contributed by atoms with Crippen molar-refractivity contribution in [3.63, 3.8) is 0 Å². The molecular formula is C25H23N3O4. The molecule has 1 aliphatic rings. The van der Waals surface area contributed by atoms with Crippen LogP contribution in [0.25, 0.3) is 0 Å². The molecule has 0 unspecified atom stereocenters. The Hall–Kier alpha value is -4.13. The van der Waals surface area contributed by atoms with Gasteiger partial charge in [-0.25, -0.2) is 0 Å². The first-order valence-electron chi connectivity index (χ1n) is 10.3. The van der Waals surface area contributed by atoms with Crippen LogP contribution < -0.4 is 20.7 Å². The second-order valence-electron chi connectivity index (χ2n) is 7.42.